The van der Waals surface area contributed by atoms with Crippen LogP contribution in [0.3, 0.4) is 0 Å². The molecule has 2 atom stereocenters. The van der Waals surface area contributed by atoms with E-state index in [2.05, 4.69) is 39.8 Å². The maximum Gasteiger partial charge on any atom is 0.258 e. The highest BCUT2D eigenvalue weighted by molar-refractivity contribution is 6.33. The first kappa shape index (κ1) is 27.6. The van der Waals surface area contributed by atoms with E-state index < -0.39 is 5.82 Å². The fourth-order valence-electron chi connectivity index (χ4n) is 5.68. The second-order valence-electron chi connectivity index (χ2n) is 10.5. The van der Waals surface area contributed by atoms with Crippen LogP contribution in [0.1, 0.15) is 39.6 Å². The first-order valence-electron chi connectivity index (χ1n) is 13.5. The second-order valence-corrected chi connectivity index (χ2v) is 10.9. The van der Waals surface area contributed by atoms with E-state index in [1.165, 1.54) is 24.6 Å². The lowest BCUT2D eigenvalue weighted by Gasteiger charge is -2.24. The number of likely N-dealkylation sites (tertiary alicyclic amines) is 1. The van der Waals surface area contributed by atoms with Crippen LogP contribution in [-0.2, 0) is 11.2 Å². The number of hydrogen-bond donors (Lipinski definition) is 2. The molecule has 0 spiro atoms. The second kappa shape index (κ2) is 12.1. The molecule has 2 aliphatic heterocycles. The first-order chi connectivity index (χ1) is 19.3. The molecule has 2 heterocycles. The number of anilines is 2. The summed E-state index contributed by atoms with van der Waals surface area (Å²) < 4.78 is 14.3. The standard InChI is InChI=1S/C31H32ClFN4O3/c1-20(38)35-25-9-3-8-22(15-25)30(39)34-13-5-7-21-6-2-10-26(14-21)36-16-23-18-37(19-24(23)17-36)31(40)29-27(32)11-4-12-28(29)33/h2-4,6,8-12,14-15,23-24H,5,7,13,16-19H2,1H3,(H,34,39)(H,35,38). The molecule has 2 fully saturated rings. The van der Waals surface area contributed by atoms with E-state index in [0.29, 0.717) is 42.7 Å². The molecule has 208 valence electrons. The van der Waals surface area contributed by atoms with E-state index in [1.807, 2.05) is 0 Å². The van der Waals surface area contributed by atoms with Gasteiger partial charge in [0, 0.05) is 68.4 Å². The Kier molecular flexibility index (Phi) is 8.35. The van der Waals surface area contributed by atoms with Gasteiger partial charge in [-0.1, -0.05) is 35.9 Å². The van der Waals surface area contributed by atoms with Crippen molar-refractivity contribution in [2.75, 3.05) is 42.9 Å². The average Bonchev–Trinajstić information content (AvgIpc) is 3.51. The van der Waals surface area contributed by atoms with Crippen molar-refractivity contribution in [3.8, 4) is 0 Å². The summed E-state index contributed by atoms with van der Waals surface area (Å²) in [5.74, 6) is -0.606. The normalized spacial score (nSPS) is 18.0. The Morgan fingerprint density at radius 1 is 0.950 bits per heavy atom. The van der Waals surface area contributed by atoms with E-state index in [4.69, 9.17) is 11.6 Å². The van der Waals surface area contributed by atoms with Crippen molar-refractivity contribution >= 4 is 40.7 Å². The molecule has 7 nitrogen and oxygen atoms in total. The van der Waals surface area contributed by atoms with Crippen molar-refractivity contribution in [2.24, 2.45) is 11.8 Å². The molecule has 0 radical (unpaired) electrons. The summed E-state index contributed by atoms with van der Waals surface area (Å²) in [6.45, 7) is 4.85. The van der Waals surface area contributed by atoms with Crippen molar-refractivity contribution in [1.82, 2.24) is 10.2 Å². The molecule has 0 saturated carbocycles. The smallest absolute Gasteiger partial charge is 0.258 e. The fraction of sp³-hybridized carbons (Fsp3) is 0.323. The van der Waals surface area contributed by atoms with Gasteiger partial charge in [-0.3, -0.25) is 14.4 Å². The topological polar surface area (TPSA) is 81.8 Å². The van der Waals surface area contributed by atoms with Crippen LogP contribution in [-0.4, -0.2) is 55.3 Å². The van der Waals surface area contributed by atoms with Gasteiger partial charge in [-0.25, -0.2) is 4.39 Å². The Morgan fingerprint density at radius 3 is 2.40 bits per heavy atom. The van der Waals surface area contributed by atoms with Crippen LogP contribution in [0.15, 0.2) is 66.7 Å². The Labute approximate surface area is 238 Å². The lowest BCUT2D eigenvalue weighted by Crippen LogP contribution is -2.34. The number of nitrogens with one attached hydrogen (secondary N) is 2. The molecule has 5 rings (SSSR count). The van der Waals surface area contributed by atoms with Gasteiger partial charge < -0.3 is 20.4 Å². The number of rotatable bonds is 8. The van der Waals surface area contributed by atoms with Crippen molar-refractivity contribution < 1.29 is 18.8 Å². The fourth-order valence-corrected chi connectivity index (χ4v) is 5.92. The molecule has 2 unspecified atom stereocenters. The quantitative estimate of drug-likeness (QED) is 0.378. The molecule has 2 N–H and O–H groups in total. The average molecular weight is 563 g/mol. The summed E-state index contributed by atoms with van der Waals surface area (Å²) >= 11 is 6.12. The Morgan fingerprint density at radius 2 is 1.68 bits per heavy atom. The molecule has 2 saturated heterocycles. The van der Waals surface area contributed by atoms with Crippen LogP contribution in [0.2, 0.25) is 5.02 Å². The molecule has 3 aromatic rings. The molecule has 3 amide bonds. The van der Waals surface area contributed by atoms with E-state index in [0.717, 1.165) is 31.6 Å². The predicted molar refractivity (Wildman–Crippen MR) is 154 cm³/mol. The zero-order valence-electron chi connectivity index (χ0n) is 22.3. The summed E-state index contributed by atoms with van der Waals surface area (Å²) in [6.07, 6.45) is 1.62. The van der Waals surface area contributed by atoms with Crippen LogP contribution in [0.4, 0.5) is 15.8 Å². The number of amides is 3. The van der Waals surface area contributed by atoms with E-state index >= 15 is 0 Å². The highest BCUT2D eigenvalue weighted by Gasteiger charge is 2.42. The third-order valence-electron chi connectivity index (χ3n) is 7.60. The maximum absolute atomic E-state index is 14.3. The Bertz CT molecular complexity index is 1400. The Balaban J connectivity index is 1.10. The van der Waals surface area contributed by atoms with Crippen LogP contribution in [0.5, 0.6) is 0 Å². The van der Waals surface area contributed by atoms with E-state index in [9.17, 15) is 18.8 Å². The third-order valence-corrected chi connectivity index (χ3v) is 7.91. The SMILES string of the molecule is CC(=O)Nc1cccc(C(=O)NCCCc2cccc(N3CC4CN(C(=O)c5c(F)cccc5Cl)CC4C3)c2)c1. The summed E-state index contributed by atoms with van der Waals surface area (Å²) in [4.78, 5) is 40.8. The van der Waals surface area contributed by atoms with E-state index in [1.54, 1.807) is 35.2 Å². The van der Waals surface area contributed by atoms with Gasteiger partial charge in [0.05, 0.1) is 10.6 Å². The molecule has 0 aromatic heterocycles. The molecule has 0 aliphatic carbocycles. The monoisotopic (exact) mass is 562 g/mol. The minimum atomic E-state index is -0.580. The number of carbonyl (C=O) groups excluding carboxylic acids is 3. The summed E-state index contributed by atoms with van der Waals surface area (Å²) in [5.41, 5.74) is 3.41. The van der Waals surface area contributed by atoms with Gasteiger partial charge in [0.25, 0.3) is 11.8 Å². The molecular formula is C31H32ClFN4O3. The van der Waals surface area contributed by atoms with Gasteiger partial charge in [-0.05, 0) is 60.9 Å². The van der Waals surface area contributed by atoms with Gasteiger partial charge in [-0.15, -0.1) is 0 Å². The molecule has 40 heavy (non-hydrogen) atoms. The first-order valence-corrected chi connectivity index (χ1v) is 13.9. The molecule has 9 heteroatoms. The summed E-state index contributed by atoms with van der Waals surface area (Å²) in [7, 11) is 0. The number of carbonyl (C=O) groups is 3. The van der Waals surface area contributed by atoms with E-state index in [-0.39, 0.29) is 28.3 Å². The van der Waals surface area contributed by atoms with Gasteiger partial charge in [-0.2, -0.15) is 0 Å². The zero-order chi connectivity index (χ0) is 28.2. The van der Waals surface area contributed by atoms with Crippen molar-refractivity contribution in [2.45, 2.75) is 19.8 Å². The predicted octanol–water partition coefficient (Wildman–Crippen LogP) is 5.01. The molecule has 3 aromatic carbocycles. The minimum absolute atomic E-state index is 0.0385. The summed E-state index contributed by atoms with van der Waals surface area (Å²) in [6, 6.07) is 19.7. The molecule has 0 bridgehead atoms. The molecular weight excluding hydrogens is 531 g/mol. The van der Waals surface area contributed by atoms with Crippen LogP contribution in [0.25, 0.3) is 0 Å². The third kappa shape index (κ3) is 6.28. The van der Waals surface area contributed by atoms with Crippen LogP contribution < -0.4 is 15.5 Å². The highest BCUT2D eigenvalue weighted by Crippen LogP contribution is 2.35. The van der Waals surface area contributed by atoms with Gasteiger partial charge in [0.2, 0.25) is 5.91 Å². The number of nitrogens with zero attached hydrogens (tertiary/aromatic N) is 2. The van der Waals surface area contributed by atoms with Crippen LogP contribution in [0, 0.1) is 17.7 Å². The zero-order valence-corrected chi connectivity index (χ0v) is 23.1. The molecule has 2 aliphatic rings. The number of benzene rings is 3. The lowest BCUT2D eigenvalue weighted by molar-refractivity contribution is -0.114. The van der Waals surface area contributed by atoms with Crippen molar-refractivity contribution in [1.29, 1.82) is 0 Å². The lowest BCUT2D eigenvalue weighted by atomic mass is 10.0. The Hall–Kier alpha value is -3.91. The number of fused-ring (bicyclic) bond motifs is 1. The van der Waals surface area contributed by atoms with Gasteiger partial charge >= 0.3 is 0 Å². The highest BCUT2D eigenvalue weighted by atomic mass is 35.5. The number of aryl methyl sites for hydroxylation is 1. The van der Waals surface area contributed by atoms with Gasteiger partial charge in [0.1, 0.15) is 5.82 Å². The van der Waals surface area contributed by atoms with Crippen molar-refractivity contribution in [3.63, 3.8) is 0 Å². The summed E-state index contributed by atoms with van der Waals surface area (Å²) in [5, 5.41) is 5.79. The number of hydrogen-bond acceptors (Lipinski definition) is 4. The maximum atomic E-state index is 14.3. The minimum Gasteiger partial charge on any atom is -0.371 e. The van der Waals surface area contributed by atoms with Crippen LogP contribution >= 0.6 is 11.6 Å². The number of halogens is 2. The largest absolute Gasteiger partial charge is 0.371 e. The van der Waals surface area contributed by atoms with Crippen molar-refractivity contribution in [3.05, 3.63) is 94.3 Å². The van der Waals surface area contributed by atoms with Gasteiger partial charge in [0.15, 0.2) is 0 Å².